The lowest BCUT2D eigenvalue weighted by atomic mass is 10.1. The molecule has 5 rings (SSSR count). The third kappa shape index (κ3) is 3.35. The molecule has 0 radical (unpaired) electrons. The van der Waals surface area contributed by atoms with Gasteiger partial charge in [-0.1, -0.05) is 30.3 Å². The van der Waals surface area contributed by atoms with Crippen LogP contribution in [0.4, 0.5) is 0 Å². The lowest BCUT2D eigenvalue weighted by Crippen LogP contribution is -2.37. The van der Waals surface area contributed by atoms with Crippen molar-refractivity contribution in [2.75, 3.05) is 13.7 Å². The van der Waals surface area contributed by atoms with E-state index in [1.165, 1.54) is 5.56 Å². The number of nitrogens with one attached hydrogen (secondary N) is 2. The van der Waals surface area contributed by atoms with Crippen LogP contribution >= 0.6 is 0 Å². The van der Waals surface area contributed by atoms with E-state index in [9.17, 15) is 0 Å². The molecule has 0 saturated carbocycles. The quantitative estimate of drug-likeness (QED) is 0.700. The smallest absolute Gasteiger partial charge is 0.130 e. The maximum atomic E-state index is 5.35. The number of likely N-dealkylation sites (tertiary alicyclic amines) is 1. The van der Waals surface area contributed by atoms with E-state index in [2.05, 4.69) is 45.5 Å². The summed E-state index contributed by atoms with van der Waals surface area (Å²) in [6, 6.07) is 16.7. The average Bonchev–Trinajstić information content (AvgIpc) is 3.40. The second-order valence-electron chi connectivity index (χ2n) is 7.60. The number of H-pyrrole nitrogens is 1. The molecule has 3 aromatic rings. The van der Waals surface area contributed by atoms with Gasteiger partial charge < -0.3 is 19.9 Å². The number of aliphatic imine (C=N–C) groups is 1. The lowest BCUT2D eigenvalue weighted by molar-refractivity contribution is 0.301. The van der Waals surface area contributed by atoms with E-state index in [1.807, 2.05) is 31.2 Å². The van der Waals surface area contributed by atoms with Gasteiger partial charge in [-0.15, -0.1) is 0 Å². The molecule has 1 aromatic heterocycles. The maximum absolute atomic E-state index is 5.35. The van der Waals surface area contributed by atoms with Crippen molar-refractivity contribution in [2.45, 2.75) is 31.8 Å². The van der Waals surface area contributed by atoms with Crippen LogP contribution in [0.15, 0.2) is 65.4 Å². The van der Waals surface area contributed by atoms with Crippen molar-refractivity contribution >= 4 is 16.9 Å². The first-order valence-corrected chi connectivity index (χ1v) is 10.1. The number of fused-ring (bicyclic) bond motifs is 1. The Morgan fingerprint density at radius 1 is 1.14 bits per heavy atom. The number of aromatic amines is 1. The summed E-state index contributed by atoms with van der Waals surface area (Å²) in [5.74, 6) is 3.90. The molecule has 2 aliphatic rings. The summed E-state index contributed by atoms with van der Waals surface area (Å²) in [5, 5.41) is 3.49. The van der Waals surface area contributed by atoms with Gasteiger partial charge >= 0.3 is 0 Å². The number of amidine groups is 1. The molecule has 3 heterocycles. The van der Waals surface area contributed by atoms with E-state index in [0.29, 0.717) is 0 Å². The molecule has 0 spiro atoms. The highest BCUT2D eigenvalue weighted by Gasteiger charge is 2.32. The Hall–Kier alpha value is -3.28. The number of imidazole rings is 1. The van der Waals surface area contributed by atoms with Crippen LogP contribution in [0.1, 0.15) is 43.2 Å². The minimum absolute atomic E-state index is 0.0358. The Labute approximate surface area is 170 Å². The van der Waals surface area contributed by atoms with Crippen molar-refractivity contribution < 1.29 is 4.74 Å². The summed E-state index contributed by atoms with van der Waals surface area (Å²) in [6.45, 7) is 3.03. The maximum Gasteiger partial charge on any atom is 0.130 e. The van der Waals surface area contributed by atoms with Gasteiger partial charge in [0.15, 0.2) is 0 Å². The van der Waals surface area contributed by atoms with Gasteiger partial charge in [0.1, 0.15) is 17.4 Å². The number of ether oxygens (including phenoxy) is 1. The Bertz CT molecular complexity index is 1090. The standard InChI is InChI=1S/C23H25N5O/c1-15-24-19(16-7-4-3-5-8-16)14-22(25-15)28-12-6-9-21(28)23-26-18-11-10-17(29-2)13-20(18)27-23/h3-5,7-8,10-11,13-14,19,21H,6,9,12H2,1-2H3,(H,24,25)(H,26,27)/t19?,21-/m0/s1. The molecule has 6 heteroatoms. The molecule has 2 aromatic carbocycles. The first-order valence-electron chi connectivity index (χ1n) is 10.1. The van der Waals surface area contributed by atoms with Gasteiger partial charge in [-0.2, -0.15) is 0 Å². The number of methoxy groups -OCH3 is 1. The van der Waals surface area contributed by atoms with Crippen LogP contribution in [-0.2, 0) is 0 Å². The molecule has 29 heavy (non-hydrogen) atoms. The van der Waals surface area contributed by atoms with Crippen LogP contribution in [0.3, 0.4) is 0 Å². The minimum Gasteiger partial charge on any atom is -0.497 e. The monoisotopic (exact) mass is 387 g/mol. The van der Waals surface area contributed by atoms with Crippen molar-refractivity contribution in [1.29, 1.82) is 0 Å². The third-order valence-corrected chi connectivity index (χ3v) is 5.68. The van der Waals surface area contributed by atoms with Gasteiger partial charge in [0, 0.05) is 12.6 Å². The van der Waals surface area contributed by atoms with E-state index in [4.69, 9.17) is 14.7 Å². The molecule has 2 atom stereocenters. The molecule has 1 unspecified atom stereocenters. The van der Waals surface area contributed by atoms with Crippen molar-refractivity contribution in [3.05, 3.63) is 71.8 Å². The fourth-order valence-electron chi connectivity index (χ4n) is 4.28. The second kappa shape index (κ2) is 7.28. The largest absolute Gasteiger partial charge is 0.497 e. The predicted octanol–water partition coefficient (Wildman–Crippen LogP) is 4.31. The van der Waals surface area contributed by atoms with Crippen LogP contribution in [-0.4, -0.2) is 34.4 Å². The van der Waals surface area contributed by atoms with E-state index < -0.39 is 0 Å². The Kier molecular flexibility index (Phi) is 4.46. The van der Waals surface area contributed by atoms with Crippen LogP contribution in [0.25, 0.3) is 11.0 Å². The summed E-state index contributed by atoms with van der Waals surface area (Å²) < 4.78 is 5.35. The molecule has 148 valence electrons. The molecule has 1 saturated heterocycles. The molecular weight excluding hydrogens is 362 g/mol. The highest BCUT2D eigenvalue weighted by molar-refractivity contribution is 5.82. The number of nitrogens with zero attached hydrogens (tertiary/aromatic N) is 3. The number of hydrogen-bond acceptors (Lipinski definition) is 5. The van der Waals surface area contributed by atoms with Gasteiger partial charge in [0.2, 0.25) is 0 Å². The van der Waals surface area contributed by atoms with Gasteiger partial charge in [-0.3, -0.25) is 4.99 Å². The highest BCUT2D eigenvalue weighted by atomic mass is 16.5. The van der Waals surface area contributed by atoms with Crippen molar-refractivity contribution in [3.63, 3.8) is 0 Å². The number of hydrogen-bond donors (Lipinski definition) is 2. The molecule has 1 fully saturated rings. The summed E-state index contributed by atoms with van der Waals surface area (Å²) in [6.07, 6.45) is 4.44. The topological polar surface area (TPSA) is 65.5 Å². The van der Waals surface area contributed by atoms with Crippen LogP contribution in [0.2, 0.25) is 0 Å². The summed E-state index contributed by atoms with van der Waals surface area (Å²) in [4.78, 5) is 15.6. The summed E-state index contributed by atoms with van der Waals surface area (Å²) >= 11 is 0. The summed E-state index contributed by atoms with van der Waals surface area (Å²) in [5.41, 5.74) is 3.19. The lowest BCUT2D eigenvalue weighted by Gasteiger charge is -2.32. The van der Waals surface area contributed by atoms with E-state index in [1.54, 1.807) is 7.11 Å². The fraction of sp³-hybridized carbons (Fsp3) is 0.304. The fourth-order valence-corrected chi connectivity index (χ4v) is 4.28. The Morgan fingerprint density at radius 3 is 2.83 bits per heavy atom. The SMILES string of the molecule is COc1ccc2nc([C@@H]3CCCN3C3=CC(c4ccccc4)N=C(C)N3)[nH]c2c1. The zero-order chi connectivity index (χ0) is 19.8. The zero-order valence-corrected chi connectivity index (χ0v) is 16.7. The minimum atomic E-state index is 0.0358. The average molecular weight is 387 g/mol. The first kappa shape index (κ1) is 17.8. The number of aromatic nitrogens is 2. The predicted molar refractivity (Wildman–Crippen MR) is 115 cm³/mol. The van der Waals surface area contributed by atoms with Crippen LogP contribution in [0.5, 0.6) is 5.75 Å². The second-order valence-corrected chi connectivity index (χ2v) is 7.60. The van der Waals surface area contributed by atoms with Gasteiger partial charge in [-0.25, -0.2) is 4.98 Å². The normalized spacial score (nSPS) is 21.7. The van der Waals surface area contributed by atoms with E-state index in [0.717, 1.165) is 53.7 Å². The molecule has 2 N–H and O–H groups in total. The molecular formula is C23H25N5O. The van der Waals surface area contributed by atoms with Gasteiger partial charge in [-0.05, 0) is 43.5 Å². The molecule has 0 aliphatic carbocycles. The van der Waals surface area contributed by atoms with Crippen molar-refractivity contribution in [1.82, 2.24) is 20.2 Å². The highest BCUT2D eigenvalue weighted by Crippen LogP contribution is 2.36. The molecule has 2 aliphatic heterocycles. The summed E-state index contributed by atoms with van der Waals surface area (Å²) in [7, 11) is 1.69. The van der Waals surface area contributed by atoms with E-state index >= 15 is 0 Å². The molecule has 6 nitrogen and oxygen atoms in total. The number of benzene rings is 2. The van der Waals surface area contributed by atoms with E-state index in [-0.39, 0.29) is 12.1 Å². The third-order valence-electron chi connectivity index (χ3n) is 5.68. The van der Waals surface area contributed by atoms with Crippen LogP contribution in [0, 0.1) is 0 Å². The molecule has 0 bridgehead atoms. The Morgan fingerprint density at radius 2 is 2.00 bits per heavy atom. The Balaban J connectivity index is 1.46. The van der Waals surface area contributed by atoms with Gasteiger partial charge in [0.05, 0.1) is 36.1 Å². The van der Waals surface area contributed by atoms with Crippen molar-refractivity contribution in [2.24, 2.45) is 4.99 Å². The van der Waals surface area contributed by atoms with Crippen molar-refractivity contribution in [3.8, 4) is 5.75 Å². The van der Waals surface area contributed by atoms with Crippen LogP contribution < -0.4 is 10.1 Å². The number of rotatable bonds is 4. The zero-order valence-electron chi connectivity index (χ0n) is 16.7. The van der Waals surface area contributed by atoms with Gasteiger partial charge in [0.25, 0.3) is 0 Å². The first-order chi connectivity index (χ1) is 14.2. The molecule has 0 amide bonds.